The number of nitrogens with zero attached hydrogens (tertiary/aromatic N) is 3. The summed E-state index contributed by atoms with van der Waals surface area (Å²) in [7, 11) is 2.17. The fourth-order valence-electron chi connectivity index (χ4n) is 3.30. The van der Waals surface area contributed by atoms with Crippen molar-refractivity contribution < 1.29 is 9.53 Å². The third-order valence-corrected chi connectivity index (χ3v) is 6.05. The molecule has 1 saturated heterocycles. The van der Waals surface area contributed by atoms with E-state index in [0.29, 0.717) is 11.5 Å². The maximum Gasteiger partial charge on any atom is 0.348 e. The number of H-pyrrole nitrogens is 1. The maximum atomic E-state index is 11.8. The highest BCUT2D eigenvalue weighted by atomic mass is 32.1. The molecule has 3 heterocycles. The van der Waals surface area contributed by atoms with Crippen molar-refractivity contribution in [2.75, 3.05) is 44.7 Å². The van der Waals surface area contributed by atoms with Crippen molar-refractivity contribution in [3.05, 3.63) is 47.3 Å². The zero-order valence-electron chi connectivity index (χ0n) is 16.1. The summed E-state index contributed by atoms with van der Waals surface area (Å²) in [6, 6.07) is 14.3. The number of hydrogen-bond acceptors (Lipinski definition) is 6. The lowest BCUT2D eigenvalue weighted by molar-refractivity contribution is 0.0532. The third-order valence-electron chi connectivity index (χ3n) is 4.96. The lowest BCUT2D eigenvalue weighted by Crippen LogP contribution is -2.44. The van der Waals surface area contributed by atoms with Gasteiger partial charge in [-0.1, -0.05) is 12.1 Å². The van der Waals surface area contributed by atoms with Gasteiger partial charge in [0.1, 0.15) is 10.6 Å². The Kier molecular flexibility index (Phi) is 5.45. The fourth-order valence-corrected chi connectivity index (χ4v) is 4.16. The predicted octanol–water partition coefficient (Wildman–Crippen LogP) is 3.73. The number of aromatic nitrogens is 2. The quantitative estimate of drug-likeness (QED) is 0.666. The number of esters is 1. The number of ether oxygens (including phenoxy) is 1. The summed E-state index contributed by atoms with van der Waals surface area (Å²) in [6.45, 7) is 6.50. The van der Waals surface area contributed by atoms with Crippen LogP contribution < -0.4 is 4.90 Å². The van der Waals surface area contributed by atoms with Crippen LogP contribution in [0.25, 0.3) is 21.8 Å². The van der Waals surface area contributed by atoms with E-state index >= 15 is 0 Å². The molecule has 28 heavy (non-hydrogen) atoms. The summed E-state index contributed by atoms with van der Waals surface area (Å²) in [5, 5.41) is 7.53. The van der Waals surface area contributed by atoms with Crippen LogP contribution in [0.15, 0.2) is 42.5 Å². The molecule has 1 aliphatic heterocycles. The molecule has 0 saturated carbocycles. The number of nitrogens with one attached hydrogen (secondary N) is 1. The smallest absolute Gasteiger partial charge is 0.348 e. The number of aromatic amines is 1. The number of carbonyl (C=O) groups is 1. The highest BCUT2D eigenvalue weighted by molar-refractivity contribution is 7.17. The van der Waals surface area contributed by atoms with Gasteiger partial charge in [-0.05, 0) is 49.9 Å². The van der Waals surface area contributed by atoms with Crippen molar-refractivity contribution in [1.29, 1.82) is 0 Å². The van der Waals surface area contributed by atoms with Crippen LogP contribution in [0, 0.1) is 0 Å². The molecule has 2 aromatic heterocycles. The van der Waals surface area contributed by atoms with Gasteiger partial charge in [-0.25, -0.2) is 4.79 Å². The number of thiophene rings is 1. The Morgan fingerprint density at radius 3 is 2.61 bits per heavy atom. The van der Waals surface area contributed by atoms with Crippen LogP contribution in [-0.4, -0.2) is 60.9 Å². The van der Waals surface area contributed by atoms with Gasteiger partial charge in [-0.2, -0.15) is 5.10 Å². The zero-order chi connectivity index (χ0) is 19.5. The molecule has 0 bridgehead atoms. The Balaban J connectivity index is 1.48. The first-order valence-corrected chi connectivity index (χ1v) is 10.3. The van der Waals surface area contributed by atoms with Crippen molar-refractivity contribution >= 4 is 23.0 Å². The fraction of sp³-hybridized carbons (Fsp3) is 0.333. The molecule has 0 spiro atoms. The van der Waals surface area contributed by atoms with Crippen LogP contribution in [0.2, 0.25) is 0 Å². The van der Waals surface area contributed by atoms with E-state index in [2.05, 4.69) is 51.3 Å². The number of hydrogen-bond donors (Lipinski definition) is 1. The molecule has 4 rings (SSSR count). The van der Waals surface area contributed by atoms with Gasteiger partial charge in [0, 0.05) is 31.9 Å². The van der Waals surface area contributed by atoms with Crippen molar-refractivity contribution in [3.8, 4) is 21.8 Å². The number of anilines is 1. The summed E-state index contributed by atoms with van der Waals surface area (Å²) < 4.78 is 5.06. The lowest BCUT2D eigenvalue weighted by atomic mass is 10.1. The Labute approximate surface area is 168 Å². The lowest BCUT2D eigenvalue weighted by Gasteiger charge is -2.34. The monoisotopic (exact) mass is 396 g/mol. The zero-order valence-corrected chi connectivity index (χ0v) is 17.0. The second-order valence-corrected chi connectivity index (χ2v) is 7.97. The SMILES string of the molecule is CCOC(=O)c1ccc(-c2cc(-c3ccc(N4CCN(C)CC4)cc3)[nH]n2)s1. The molecule has 1 aromatic carbocycles. The molecule has 0 unspecified atom stereocenters. The Hall–Kier alpha value is -2.64. The van der Waals surface area contributed by atoms with E-state index in [1.807, 2.05) is 12.1 Å². The average Bonchev–Trinajstić information content (AvgIpc) is 3.39. The van der Waals surface area contributed by atoms with Crippen molar-refractivity contribution in [1.82, 2.24) is 15.1 Å². The van der Waals surface area contributed by atoms with E-state index in [1.165, 1.54) is 17.0 Å². The van der Waals surface area contributed by atoms with Gasteiger partial charge >= 0.3 is 5.97 Å². The average molecular weight is 397 g/mol. The molecule has 1 aliphatic rings. The van der Waals surface area contributed by atoms with Crippen LogP contribution >= 0.6 is 11.3 Å². The molecular weight excluding hydrogens is 372 g/mol. The molecule has 0 aliphatic carbocycles. The standard InChI is InChI=1S/C21H24N4O2S/c1-3-27-21(26)20-9-8-19(28-20)18-14-17(22-23-18)15-4-6-16(7-5-15)25-12-10-24(2)11-13-25/h4-9,14H,3,10-13H2,1-2H3,(H,22,23). The molecule has 3 aromatic rings. The summed E-state index contributed by atoms with van der Waals surface area (Å²) in [5.74, 6) is -0.283. The van der Waals surface area contributed by atoms with Crippen LogP contribution in [-0.2, 0) is 4.74 Å². The van der Waals surface area contributed by atoms with Gasteiger partial charge < -0.3 is 14.5 Å². The summed E-state index contributed by atoms with van der Waals surface area (Å²) >= 11 is 1.40. The van der Waals surface area contributed by atoms with Gasteiger partial charge in [-0.15, -0.1) is 11.3 Å². The summed E-state index contributed by atoms with van der Waals surface area (Å²) in [5.41, 5.74) is 4.15. The molecular formula is C21H24N4O2S. The number of piperazine rings is 1. The molecule has 6 nitrogen and oxygen atoms in total. The molecule has 0 amide bonds. The van der Waals surface area contributed by atoms with Crippen molar-refractivity contribution in [2.24, 2.45) is 0 Å². The minimum atomic E-state index is -0.283. The minimum absolute atomic E-state index is 0.283. The van der Waals surface area contributed by atoms with Gasteiger partial charge in [0.05, 0.1) is 17.2 Å². The Bertz CT molecular complexity index is 939. The number of carbonyl (C=O) groups excluding carboxylic acids is 1. The van der Waals surface area contributed by atoms with E-state index in [9.17, 15) is 4.79 Å². The van der Waals surface area contributed by atoms with E-state index in [1.54, 1.807) is 13.0 Å². The summed E-state index contributed by atoms with van der Waals surface area (Å²) in [6.07, 6.45) is 0. The molecule has 0 radical (unpaired) electrons. The van der Waals surface area contributed by atoms with E-state index < -0.39 is 0 Å². The molecule has 1 fully saturated rings. The van der Waals surface area contributed by atoms with E-state index in [0.717, 1.165) is 48.0 Å². The first kappa shape index (κ1) is 18.7. The Morgan fingerprint density at radius 2 is 1.89 bits per heavy atom. The first-order chi connectivity index (χ1) is 13.6. The van der Waals surface area contributed by atoms with E-state index in [-0.39, 0.29) is 5.97 Å². The van der Waals surface area contributed by atoms with Gasteiger partial charge in [0.15, 0.2) is 0 Å². The van der Waals surface area contributed by atoms with Crippen LogP contribution in [0.5, 0.6) is 0 Å². The molecule has 7 heteroatoms. The minimum Gasteiger partial charge on any atom is -0.462 e. The molecule has 1 N–H and O–H groups in total. The second-order valence-electron chi connectivity index (χ2n) is 6.89. The summed E-state index contributed by atoms with van der Waals surface area (Å²) in [4.78, 5) is 18.2. The van der Waals surface area contributed by atoms with Crippen LogP contribution in [0.4, 0.5) is 5.69 Å². The van der Waals surface area contributed by atoms with Crippen molar-refractivity contribution in [2.45, 2.75) is 6.92 Å². The number of rotatable bonds is 5. The largest absolute Gasteiger partial charge is 0.462 e. The number of benzene rings is 1. The van der Waals surface area contributed by atoms with Gasteiger partial charge in [-0.3, -0.25) is 5.10 Å². The topological polar surface area (TPSA) is 61.5 Å². The third kappa shape index (κ3) is 3.95. The normalized spacial score (nSPS) is 15.0. The van der Waals surface area contributed by atoms with Crippen molar-refractivity contribution in [3.63, 3.8) is 0 Å². The highest BCUT2D eigenvalue weighted by Gasteiger charge is 2.15. The van der Waals surface area contributed by atoms with Gasteiger partial charge in [0.2, 0.25) is 0 Å². The number of likely N-dealkylation sites (N-methyl/N-ethyl adjacent to an activating group) is 1. The second kappa shape index (κ2) is 8.16. The van der Waals surface area contributed by atoms with Crippen LogP contribution in [0.1, 0.15) is 16.6 Å². The maximum absolute atomic E-state index is 11.8. The molecule has 146 valence electrons. The highest BCUT2D eigenvalue weighted by Crippen LogP contribution is 2.30. The molecule has 0 atom stereocenters. The van der Waals surface area contributed by atoms with E-state index in [4.69, 9.17) is 4.74 Å². The van der Waals surface area contributed by atoms with Gasteiger partial charge in [0.25, 0.3) is 0 Å². The predicted molar refractivity (Wildman–Crippen MR) is 113 cm³/mol. The Morgan fingerprint density at radius 1 is 1.14 bits per heavy atom. The first-order valence-electron chi connectivity index (χ1n) is 9.50. The van der Waals surface area contributed by atoms with Crippen LogP contribution in [0.3, 0.4) is 0 Å².